The molecular weight excluding hydrogens is 234 g/mol. The molecule has 0 aromatic carbocycles. The van der Waals surface area contributed by atoms with Crippen molar-refractivity contribution < 1.29 is 0 Å². The van der Waals surface area contributed by atoms with Gasteiger partial charge in [-0.05, 0) is 66.5 Å². The monoisotopic (exact) mass is 267 g/mol. The fourth-order valence-electron chi connectivity index (χ4n) is 3.46. The lowest BCUT2D eigenvalue weighted by atomic mass is 10.1. The zero-order valence-corrected chi connectivity index (χ0v) is 13.4. The molecule has 0 aliphatic carbocycles. The van der Waals surface area contributed by atoms with Crippen molar-refractivity contribution in [2.24, 2.45) is 0 Å². The number of rotatable bonds is 5. The zero-order chi connectivity index (χ0) is 13.9. The van der Waals surface area contributed by atoms with Gasteiger partial charge in [0.1, 0.15) is 0 Å². The number of piperazine rings is 1. The van der Waals surface area contributed by atoms with Crippen molar-refractivity contribution in [3.05, 3.63) is 0 Å². The van der Waals surface area contributed by atoms with Gasteiger partial charge in [0.25, 0.3) is 0 Å². The molecule has 0 spiro atoms. The normalized spacial score (nSPS) is 27.5. The molecule has 1 N–H and O–H groups in total. The summed E-state index contributed by atoms with van der Waals surface area (Å²) in [6.45, 7) is 15.6. The van der Waals surface area contributed by atoms with E-state index in [-0.39, 0.29) is 5.54 Å². The van der Waals surface area contributed by atoms with E-state index in [9.17, 15) is 0 Å². The van der Waals surface area contributed by atoms with Crippen molar-refractivity contribution in [1.29, 1.82) is 0 Å². The van der Waals surface area contributed by atoms with E-state index in [1.165, 1.54) is 51.9 Å². The second-order valence-electron chi connectivity index (χ2n) is 7.49. The summed E-state index contributed by atoms with van der Waals surface area (Å²) in [5.74, 6) is 0. The van der Waals surface area contributed by atoms with Crippen LogP contribution in [0.2, 0.25) is 0 Å². The van der Waals surface area contributed by atoms with Gasteiger partial charge in [-0.25, -0.2) is 0 Å². The van der Waals surface area contributed by atoms with Gasteiger partial charge in [-0.1, -0.05) is 0 Å². The highest BCUT2D eigenvalue weighted by molar-refractivity contribution is 4.88. The van der Waals surface area contributed by atoms with Crippen LogP contribution in [0.25, 0.3) is 0 Å². The standard InChI is InChI=1S/C16H33N3/c1-14(7-5-9-17-16(2,3)4)19-12-11-18-10-6-8-15(18)13-19/h14-15,17H,5-13H2,1-4H3. The minimum Gasteiger partial charge on any atom is -0.312 e. The zero-order valence-electron chi connectivity index (χ0n) is 13.4. The Bertz CT molecular complexity index is 272. The van der Waals surface area contributed by atoms with Crippen molar-refractivity contribution in [2.45, 2.75) is 71.0 Å². The maximum absolute atomic E-state index is 3.59. The molecule has 2 aliphatic heterocycles. The van der Waals surface area contributed by atoms with E-state index in [0.29, 0.717) is 0 Å². The lowest BCUT2D eigenvalue weighted by molar-refractivity contribution is 0.0735. The summed E-state index contributed by atoms with van der Waals surface area (Å²) < 4.78 is 0. The van der Waals surface area contributed by atoms with Crippen LogP contribution in [0.15, 0.2) is 0 Å². The predicted molar refractivity (Wildman–Crippen MR) is 82.6 cm³/mol. The van der Waals surface area contributed by atoms with Gasteiger partial charge in [0.2, 0.25) is 0 Å². The molecule has 2 atom stereocenters. The Labute approximate surface area is 119 Å². The third kappa shape index (κ3) is 4.73. The van der Waals surface area contributed by atoms with Gasteiger partial charge in [0, 0.05) is 37.3 Å². The SMILES string of the molecule is CC(CCCNC(C)(C)C)N1CCN2CCCC2C1. The second kappa shape index (κ2) is 6.55. The number of nitrogens with zero attached hydrogens (tertiary/aromatic N) is 2. The highest BCUT2D eigenvalue weighted by atomic mass is 15.3. The quantitative estimate of drug-likeness (QED) is 0.771. The second-order valence-corrected chi connectivity index (χ2v) is 7.49. The lowest BCUT2D eigenvalue weighted by Crippen LogP contribution is -2.52. The topological polar surface area (TPSA) is 18.5 Å². The van der Waals surface area contributed by atoms with Crippen LogP contribution < -0.4 is 5.32 Å². The van der Waals surface area contributed by atoms with Crippen molar-refractivity contribution in [1.82, 2.24) is 15.1 Å². The summed E-state index contributed by atoms with van der Waals surface area (Å²) in [7, 11) is 0. The van der Waals surface area contributed by atoms with Gasteiger partial charge in [-0.3, -0.25) is 9.80 Å². The van der Waals surface area contributed by atoms with Crippen molar-refractivity contribution in [2.75, 3.05) is 32.7 Å². The minimum atomic E-state index is 0.263. The Hall–Kier alpha value is -0.120. The Morgan fingerprint density at radius 3 is 2.74 bits per heavy atom. The summed E-state index contributed by atoms with van der Waals surface area (Å²) in [6.07, 6.45) is 5.47. The molecule has 2 rings (SSSR count). The molecule has 3 heteroatoms. The first-order chi connectivity index (χ1) is 8.96. The molecule has 0 aromatic rings. The van der Waals surface area contributed by atoms with Gasteiger partial charge in [-0.15, -0.1) is 0 Å². The van der Waals surface area contributed by atoms with Gasteiger partial charge in [0.05, 0.1) is 0 Å². The molecule has 19 heavy (non-hydrogen) atoms. The summed E-state index contributed by atoms with van der Waals surface area (Å²) >= 11 is 0. The molecule has 3 nitrogen and oxygen atoms in total. The molecule has 0 radical (unpaired) electrons. The molecule has 2 aliphatic rings. The third-order valence-corrected chi connectivity index (χ3v) is 4.70. The fraction of sp³-hybridized carbons (Fsp3) is 1.00. The number of fused-ring (bicyclic) bond motifs is 1. The molecule has 2 saturated heterocycles. The molecule has 0 aromatic heterocycles. The molecule has 0 amide bonds. The lowest BCUT2D eigenvalue weighted by Gasteiger charge is -2.40. The van der Waals surface area contributed by atoms with E-state index in [4.69, 9.17) is 0 Å². The van der Waals surface area contributed by atoms with Gasteiger partial charge in [0.15, 0.2) is 0 Å². The maximum atomic E-state index is 3.59. The van der Waals surface area contributed by atoms with Crippen LogP contribution >= 0.6 is 0 Å². The van der Waals surface area contributed by atoms with Gasteiger partial charge >= 0.3 is 0 Å². The largest absolute Gasteiger partial charge is 0.312 e. The first-order valence-electron chi connectivity index (χ1n) is 8.19. The first-order valence-corrected chi connectivity index (χ1v) is 8.19. The van der Waals surface area contributed by atoms with E-state index < -0.39 is 0 Å². The van der Waals surface area contributed by atoms with Crippen LogP contribution in [0.4, 0.5) is 0 Å². The van der Waals surface area contributed by atoms with E-state index in [2.05, 4.69) is 42.8 Å². The molecular formula is C16H33N3. The van der Waals surface area contributed by atoms with E-state index >= 15 is 0 Å². The highest BCUT2D eigenvalue weighted by Crippen LogP contribution is 2.23. The van der Waals surface area contributed by atoms with Crippen molar-refractivity contribution >= 4 is 0 Å². The van der Waals surface area contributed by atoms with Crippen LogP contribution in [-0.2, 0) is 0 Å². The number of hydrogen-bond donors (Lipinski definition) is 1. The average molecular weight is 267 g/mol. The first kappa shape index (κ1) is 15.3. The Morgan fingerprint density at radius 1 is 1.21 bits per heavy atom. The minimum absolute atomic E-state index is 0.263. The average Bonchev–Trinajstić information content (AvgIpc) is 2.80. The maximum Gasteiger partial charge on any atom is 0.0224 e. The highest BCUT2D eigenvalue weighted by Gasteiger charge is 2.31. The smallest absolute Gasteiger partial charge is 0.0224 e. The third-order valence-electron chi connectivity index (χ3n) is 4.70. The van der Waals surface area contributed by atoms with Crippen molar-refractivity contribution in [3.8, 4) is 0 Å². The van der Waals surface area contributed by atoms with Gasteiger partial charge < -0.3 is 5.32 Å². The number of nitrogens with one attached hydrogen (secondary N) is 1. The van der Waals surface area contributed by atoms with Crippen LogP contribution in [0, 0.1) is 0 Å². The van der Waals surface area contributed by atoms with Crippen LogP contribution in [0.5, 0.6) is 0 Å². The molecule has 112 valence electrons. The van der Waals surface area contributed by atoms with E-state index in [1.807, 2.05) is 0 Å². The Morgan fingerprint density at radius 2 is 2.00 bits per heavy atom. The van der Waals surface area contributed by atoms with Crippen molar-refractivity contribution in [3.63, 3.8) is 0 Å². The fourth-order valence-corrected chi connectivity index (χ4v) is 3.46. The molecule has 2 heterocycles. The van der Waals surface area contributed by atoms with Crippen LogP contribution in [-0.4, -0.2) is 60.1 Å². The Balaban J connectivity index is 1.64. The van der Waals surface area contributed by atoms with Crippen LogP contribution in [0.1, 0.15) is 53.4 Å². The molecule has 2 unspecified atom stereocenters. The van der Waals surface area contributed by atoms with E-state index in [1.54, 1.807) is 0 Å². The number of hydrogen-bond acceptors (Lipinski definition) is 3. The van der Waals surface area contributed by atoms with E-state index in [0.717, 1.165) is 18.6 Å². The summed E-state index contributed by atoms with van der Waals surface area (Å²) in [5, 5.41) is 3.59. The summed E-state index contributed by atoms with van der Waals surface area (Å²) in [4.78, 5) is 5.42. The molecule has 0 saturated carbocycles. The Kier molecular flexibility index (Phi) is 5.27. The van der Waals surface area contributed by atoms with Crippen LogP contribution in [0.3, 0.4) is 0 Å². The summed E-state index contributed by atoms with van der Waals surface area (Å²) in [6, 6.07) is 1.62. The van der Waals surface area contributed by atoms with Gasteiger partial charge in [-0.2, -0.15) is 0 Å². The molecule has 0 bridgehead atoms. The summed E-state index contributed by atoms with van der Waals surface area (Å²) in [5.41, 5.74) is 0.263. The molecule has 2 fully saturated rings. The predicted octanol–water partition coefficient (Wildman–Crippen LogP) is 2.32.